The number of halogens is 2. The van der Waals surface area contributed by atoms with Crippen molar-refractivity contribution in [2.45, 2.75) is 43.6 Å². The minimum absolute atomic E-state index is 0.00253. The number of hydrogen-bond acceptors (Lipinski definition) is 7. The van der Waals surface area contributed by atoms with E-state index >= 15 is 0 Å². The Morgan fingerprint density at radius 3 is 2.65 bits per heavy atom. The first-order valence-electron chi connectivity index (χ1n) is 12.7. The maximum Gasteiger partial charge on any atom is 0.247 e. The molecule has 2 aromatic carbocycles. The van der Waals surface area contributed by atoms with Crippen LogP contribution in [0.25, 0.3) is 0 Å². The fraction of sp³-hybridized carbons (Fsp3) is 0.345. The zero-order chi connectivity index (χ0) is 29.0. The monoisotopic (exact) mass is 588 g/mol. The quantitative estimate of drug-likeness (QED) is 0.271. The molecule has 0 unspecified atom stereocenters. The Morgan fingerprint density at radius 2 is 2.00 bits per heavy atom. The van der Waals surface area contributed by atoms with Crippen molar-refractivity contribution in [1.82, 2.24) is 10.2 Å². The number of carbonyl (C=O) groups is 3. The molecule has 11 heteroatoms. The van der Waals surface area contributed by atoms with E-state index < -0.39 is 30.1 Å². The molecule has 0 spiro atoms. The molecule has 0 bridgehead atoms. The summed E-state index contributed by atoms with van der Waals surface area (Å²) in [5.41, 5.74) is 1.72. The predicted octanol–water partition coefficient (Wildman–Crippen LogP) is 3.43. The number of aliphatic hydroxyl groups is 2. The number of fused-ring (bicyclic) bond motifs is 3. The Morgan fingerprint density at radius 1 is 1.23 bits per heavy atom. The molecule has 1 aliphatic carbocycles. The summed E-state index contributed by atoms with van der Waals surface area (Å²) in [6.45, 7) is 3.48. The lowest BCUT2D eigenvalue weighted by Gasteiger charge is -2.41. The molecule has 40 heavy (non-hydrogen) atoms. The van der Waals surface area contributed by atoms with Gasteiger partial charge >= 0.3 is 0 Å². The second-order valence-corrected chi connectivity index (χ2v) is 10.3. The van der Waals surface area contributed by atoms with Gasteiger partial charge in [-0.1, -0.05) is 35.3 Å². The summed E-state index contributed by atoms with van der Waals surface area (Å²) in [6.07, 6.45) is 2.14. The molecule has 2 aliphatic rings. The summed E-state index contributed by atoms with van der Waals surface area (Å²) < 4.78 is 11.6. The van der Waals surface area contributed by atoms with E-state index in [1.54, 1.807) is 36.4 Å². The van der Waals surface area contributed by atoms with E-state index in [0.717, 1.165) is 0 Å². The minimum Gasteiger partial charge on any atom is -0.493 e. The van der Waals surface area contributed by atoms with Gasteiger partial charge in [0, 0.05) is 36.2 Å². The van der Waals surface area contributed by atoms with Gasteiger partial charge in [-0.3, -0.25) is 14.4 Å². The molecular formula is C29H30Cl2N2O7. The number of carbonyl (C=O) groups excluding carboxylic acids is 3. The van der Waals surface area contributed by atoms with Crippen molar-refractivity contribution in [3.05, 3.63) is 81.4 Å². The number of hydrogen-bond donors (Lipinski definition) is 3. The standard InChI is InChI=1S/C29H30Cl2N2O7/c1-3-4-5-24(36)33(14-16-6-7-20(30)21(31)11-16)22-13-19(29(38)32-8-9-34)25-18-10-17(15-35)12-23(39-2)27(18)40-28(25)26(22)37/h3,6-7,10-13,15,22,25-26,28,34,37H,1,4-5,8-9,14H2,2H3,(H,32,38)/t22-,25+,26+,28+/m1/s1. The van der Waals surface area contributed by atoms with Crippen LogP contribution < -0.4 is 14.8 Å². The van der Waals surface area contributed by atoms with Crippen LogP contribution in [-0.4, -0.2) is 71.7 Å². The molecule has 2 amide bonds. The number of aldehydes is 1. The number of nitrogens with zero attached hydrogens (tertiary/aromatic N) is 1. The van der Waals surface area contributed by atoms with Crippen LogP contribution >= 0.6 is 23.2 Å². The number of nitrogens with one attached hydrogen (secondary N) is 1. The highest BCUT2D eigenvalue weighted by molar-refractivity contribution is 6.42. The van der Waals surface area contributed by atoms with Crippen LogP contribution in [-0.2, 0) is 16.1 Å². The van der Waals surface area contributed by atoms with Gasteiger partial charge in [0.1, 0.15) is 18.5 Å². The zero-order valence-electron chi connectivity index (χ0n) is 21.8. The first kappa shape index (κ1) is 29.6. The fourth-order valence-corrected chi connectivity index (χ4v) is 5.44. The summed E-state index contributed by atoms with van der Waals surface area (Å²) in [5.74, 6) is -0.957. The van der Waals surface area contributed by atoms with Gasteiger partial charge in [0.05, 0.1) is 35.7 Å². The molecule has 0 saturated carbocycles. The van der Waals surface area contributed by atoms with Crippen LogP contribution in [0.1, 0.15) is 40.2 Å². The average Bonchev–Trinajstić information content (AvgIpc) is 3.35. The van der Waals surface area contributed by atoms with Gasteiger partial charge in [-0.25, -0.2) is 0 Å². The Balaban J connectivity index is 1.82. The maximum absolute atomic E-state index is 13.5. The lowest BCUT2D eigenvalue weighted by molar-refractivity contribution is -0.138. The van der Waals surface area contributed by atoms with Gasteiger partial charge in [-0.2, -0.15) is 0 Å². The number of aliphatic hydroxyl groups excluding tert-OH is 2. The minimum atomic E-state index is -1.26. The first-order valence-corrected chi connectivity index (χ1v) is 13.5. The number of benzene rings is 2. The van der Waals surface area contributed by atoms with E-state index in [4.69, 9.17) is 32.7 Å². The zero-order valence-corrected chi connectivity index (χ0v) is 23.3. The van der Waals surface area contributed by atoms with Crippen molar-refractivity contribution < 1.29 is 34.1 Å². The molecule has 1 aliphatic heterocycles. The normalized spacial score (nSPS) is 20.9. The highest BCUT2D eigenvalue weighted by Crippen LogP contribution is 2.51. The summed E-state index contributed by atoms with van der Waals surface area (Å²) in [6, 6.07) is 7.13. The van der Waals surface area contributed by atoms with Gasteiger partial charge in [-0.15, -0.1) is 6.58 Å². The summed E-state index contributed by atoms with van der Waals surface area (Å²) >= 11 is 12.3. The van der Waals surface area contributed by atoms with Gasteiger partial charge in [0.15, 0.2) is 11.5 Å². The summed E-state index contributed by atoms with van der Waals surface area (Å²) in [4.78, 5) is 40.0. The van der Waals surface area contributed by atoms with Crippen molar-refractivity contribution in [1.29, 1.82) is 0 Å². The lowest BCUT2D eigenvalue weighted by Crippen LogP contribution is -2.55. The topological polar surface area (TPSA) is 125 Å². The molecule has 3 N–H and O–H groups in total. The molecule has 9 nitrogen and oxygen atoms in total. The molecule has 2 aromatic rings. The molecular weight excluding hydrogens is 559 g/mol. The van der Waals surface area contributed by atoms with Crippen LogP contribution in [0.4, 0.5) is 0 Å². The van der Waals surface area contributed by atoms with Gasteiger partial charge in [0.25, 0.3) is 0 Å². The molecule has 0 aromatic heterocycles. The van der Waals surface area contributed by atoms with E-state index in [-0.39, 0.29) is 43.3 Å². The molecule has 4 rings (SSSR count). The maximum atomic E-state index is 13.5. The molecule has 1 heterocycles. The molecule has 212 valence electrons. The lowest BCUT2D eigenvalue weighted by atomic mass is 9.77. The molecule has 4 atom stereocenters. The number of allylic oxidation sites excluding steroid dienone is 1. The third-order valence-electron chi connectivity index (χ3n) is 6.99. The van der Waals surface area contributed by atoms with E-state index in [1.807, 2.05) is 0 Å². The van der Waals surface area contributed by atoms with Crippen molar-refractivity contribution in [3.8, 4) is 11.5 Å². The van der Waals surface area contributed by atoms with Crippen molar-refractivity contribution in [2.24, 2.45) is 0 Å². The third kappa shape index (κ3) is 5.88. The third-order valence-corrected chi connectivity index (χ3v) is 7.73. The van der Waals surface area contributed by atoms with Gasteiger partial charge < -0.3 is 29.9 Å². The highest BCUT2D eigenvalue weighted by Gasteiger charge is 2.51. The average molecular weight is 589 g/mol. The van der Waals surface area contributed by atoms with Crippen LogP contribution in [0.3, 0.4) is 0 Å². The largest absolute Gasteiger partial charge is 0.493 e. The second-order valence-electron chi connectivity index (χ2n) is 9.50. The van der Waals surface area contributed by atoms with Crippen LogP contribution in [0.2, 0.25) is 10.0 Å². The molecule has 0 fully saturated rings. The van der Waals surface area contributed by atoms with Gasteiger partial charge in [0.2, 0.25) is 11.8 Å². The van der Waals surface area contributed by atoms with Crippen molar-refractivity contribution in [3.63, 3.8) is 0 Å². The van der Waals surface area contributed by atoms with E-state index in [2.05, 4.69) is 11.9 Å². The summed E-state index contributed by atoms with van der Waals surface area (Å²) in [5, 5.41) is 24.3. The summed E-state index contributed by atoms with van der Waals surface area (Å²) in [7, 11) is 1.43. The van der Waals surface area contributed by atoms with Crippen molar-refractivity contribution >= 4 is 41.3 Å². The fourth-order valence-electron chi connectivity index (χ4n) is 5.12. The van der Waals surface area contributed by atoms with Crippen molar-refractivity contribution in [2.75, 3.05) is 20.3 Å². The number of rotatable bonds is 11. The van der Waals surface area contributed by atoms with E-state index in [1.165, 1.54) is 18.1 Å². The van der Waals surface area contributed by atoms with E-state index in [0.29, 0.717) is 45.2 Å². The van der Waals surface area contributed by atoms with E-state index in [9.17, 15) is 24.6 Å². The number of amides is 2. The van der Waals surface area contributed by atoms with Crippen LogP contribution in [0.5, 0.6) is 11.5 Å². The number of ether oxygens (including phenoxy) is 2. The molecule has 0 radical (unpaired) electrons. The molecule has 0 saturated heterocycles. The van der Waals surface area contributed by atoms with Gasteiger partial charge in [-0.05, 0) is 42.3 Å². The Kier molecular flexibility index (Phi) is 9.52. The predicted molar refractivity (Wildman–Crippen MR) is 150 cm³/mol. The Bertz CT molecular complexity index is 1350. The SMILES string of the molecule is C=CCCC(=O)N(Cc1ccc(Cl)c(Cl)c1)[C@@H]1C=C(C(=O)NCCO)[C@@H]2c3cc(C=O)cc(OC)c3O[C@@H]2[C@H]1O. The first-order chi connectivity index (χ1) is 19.2. The van der Waals surface area contributed by atoms with Crippen LogP contribution in [0.15, 0.2) is 54.6 Å². The number of methoxy groups -OCH3 is 1. The second kappa shape index (κ2) is 12.9. The highest BCUT2D eigenvalue weighted by atomic mass is 35.5. The smallest absolute Gasteiger partial charge is 0.247 e. The Hall–Kier alpha value is -3.37. The van der Waals surface area contributed by atoms with Crippen LogP contribution in [0, 0.1) is 0 Å². The Labute approximate surface area is 242 Å².